The standard InChI is InChI=1S/C22H24N2O4/c1-12(25)16-7-14-10-22(27)19-8-13-3-4-15(28-2)9-17(13)21(22,5-6-23-19)11-18(14)24-20(16)26/h3-4,7,9,19,23,27H,5-6,8,10-11H2,1-2H3,(H,24,26)/t19-,21-,22-/m1/s1. The quantitative estimate of drug-likeness (QED) is 0.683. The first kappa shape index (κ1) is 17.6. The van der Waals surface area contributed by atoms with Crippen molar-refractivity contribution in [1.82, 2.24) is 10.3 Å². The molecule has 0 saturated carbocycles. The number of benzene rings is 1. The molecular formula is C22H24N2O4. The van der Waals surface area contributed by atoms with E-state index in [-0.39, 0.29) is 22.9 Å². The van der Waals surface area contributed by atoms with Crippen molar-refractivity contribution in [2.75, 3.05) is 13.7 Å². The number of aromatic amines is 1. The normalized spacial score (nSPS) is 30.0. The van der Waals surface area contributed by atoms with Crippen LogP contribution in [0.4, 0.5) is 0 Å². The lowest BCUT2D eigenvalue weighted by molar-refractivity contribution is -0.106. The number of ketones is 1. The van der Waals surface area contributed by atoms with E-state index in [4.69, 9.17) is 4.74 Å². The highest BCUT2D eigenvalue weighted by atomic mass is 16.5. The third kappa shape index (κ3) is 2.16. The van der Waals surface area contributed by atoms with Gasteiger partial charge in [-0.3, -0.25) is 9.59 Å². The van der Waals surface area contributed by atoms with E-state index in [1.807, 2.05) is 6.07 Å². The zero-order valence-electron chi connectivity index (χ0n) is 16.1. The number of carbonyl (C=O) groups excluding carboxylic acids is 1. The maximum absolute atomic E-state index is 12.4. The fourth-order valence-electron chi connectivity index (χ4n) is 5.72. The molecule has 2 heterocycles. The highest BCUT2D eigenvalue weighted by molar-refractivity contribution is 5.93. The summed E-state index contributed by atoms with van der Waals surface area (Å²) in [5.74, 6) is 0.520. The van der Waals surface area contributed by atoms with E-state index >= 15 is 0 Å². The summed E-state index contributed by atoms with van der Waals surface area (Å²) in [6.45, 7) is 2.21. The van der Waals surface area contributed by atoms with Gasteiger partial charge in [-0.1, -0.05) is 6.07 Å². The van der Waals surface area contributed by atoms with Gasteiger partial charge in [-0.25, -0.2) is 0 Å². The van der Waals surface area contributed by atoms with Gasteiger partial charge in [-0.15, -0.1) is 0 Å². The average molecular weight is 380 g/mol. The fraction of sp³-hybridized carbons (Fsp3) is 0.455. The molecule has 0 amide bonds. The van der Waals surface area contributed by atoms with Gasteiger partial charge in [0.1, 0.15) is 5.75 Å². The Hall–Kier alpha value is -2.44. The molecule has 2 aliphatic carbocycles. The molecule has 1 aromatic heterocycles. The number of fused-ring (bicyclic) bond motifs is 2. The molecule has 1 aromatic carbocycles. The third-order valence-electron chi connectivity index (χ3n) is 7.14. The zero-order valence-corrected chi connectivity index (χ0v) is 16.1. The van der Waals surface area contributed by atoms with Gasteiger partial charge in [-0.05, 0) is 61.2 Å². The van der Waals surface area contributed by atoms with Gasteiger partial charge in [0.05, 0.1) is 18.3 Å². The second-order valence-electron chi connectivity index (χ2n) is 8.42. The van der Waals surface area contributed by atoms with Gasteiger partial charge >= 0.3 is 0 Å². The number of aliphatic hydroxyl groups is 1. The van der Waals surface area contributed by atoms with E-state index in [1.165, 1.54) is 12.5 Å². The number of rotatable bonds is 2. The second kappa shape index (κ2) is 5.78. The van der Waals surface area contributed by atoms with Crippen LogP contribution in [0.1, 0.15) is 46.1 Å². The topological polar surface area (TPSA) is 91.4 Å². The van der Waals surface area contributed by atoms with Crippen LogP contribution in [0.15, 0.2) is 29.1 Å². The minimum absolute atomic E-state index is 0.0667. The molecule has 3 N–H and O–H groups in total. The molecule has 5 rings (SSSR count). The Labute approximate surface area is 162 Å². The van der Waals surface area contributed by atoms with Crippen molar-refractivity contribution in [2.45, 2.75) is 49.7 Å². The van der Waals surface area contributed by atoms with Crippen LogP contribution in [0.3, 0.4) is 0 Å². The number of Topliss-reactive ketones (excluding diaryl/α,β-unsaturated/α-hetero) is 1. The Bertz CT molecular complexity index is 1060. The first-order chi connectivity index (χ1) is 13.4. The van der Waals surface area contributed by atoms with E-state index in [2.05, 4.69) is 22.4 Å². The Balaban J connectivity index is 1.74. The molecule has 2 bridgehead atoms. The van der Waals surface area contributed by atoms with E-state index in [0.29, 0.717) is 12.8 Å². The van der Waals surface area contributed by atoms with Crippen molar-refractivity contribution in [2.24, 2.45) is 0 Å². The van der Waals surface area contributed by atoms with Crippen molar-refractivity contribution in [3.63, 3.8) is 0 Å². The van der Waals surface area contributed by atoms with Gasteiger partial charge < -0.3 is 20.1 Å². The van der Waals surface area contributed by atoms with Crippen molar-refractivity contribution >= 4 is 5.78 Å². The molecule has 6 heteroatoms. The number of nitrogens with one attached hydrogen (secondary N) is 2. The Morgan fingerprint density at radius 3 is 2.82 bits per heavy atom. The molecule has 2 aromatic rings. The number of ether oxygens (including phenoxy) is 1. The number of H-pyrrole nitrogens is 1. The summed E-state index contributed by atoms with van der Waals surface area (Å²) < 4.78 is 5.47. The van der Waals surface area contributed by atoms with Gasteiger partial charge in [0.15, 0.2) is 5.78 Å². The van der Waals surface area contributed by atoms with E-state index in [9.17, 15) is 14.7 Å². The fourth-order valence-corrected chi connectivity index (χ4v) is 5.72. The molecule has 1 fully saturated rings. The van der Waals surface area contributed by atoms with Crippen molar-refractivity contribution in [3.05, 3.63) is 62.6 Å². The molecule has 3 atom stereocenters. The van der Waals surface area contributed by atoms with E-state index in [1.54, 1.807) is 13.2 Å². The van der Waals surface area contributed by atoms with Gasteiger partial charge in [0.2, 0.25) is 0 Å². The van der Waals surface area contributed by atoms with E-state index in [0.717, 1.165) is 42.0 Å². The molecule has 146 valence electrons. The number of hydrogen-bond acceptors (Lipinski definition) is 5. The van der Waals surface area contributed by atoms with Gasteiger partial charge in [0, 0.05) is 30.0 Å². The van der Waals surface area contributed by atoms with Crippen molar-refractivity contribution in [3.8, 4) is 5.75 Å². The average Bonchev–Trinajstić information content (AvgIpc) is 2.65. The van der Waals surface area contributed by atoms with Crippen LogP contribution in [0.2, 0.25) is 0 Å². The van der Waals surface area contributed by atoms with Crippen LogP contribution < -0.4 is 15.6 Å². The van der Waals surface area contributed by atoms with Crippen LogP contribution in [-0.2, 0) is 24.7 Å². The number of methoxy groups -OCH3 is 1. The highest BCUT2D eigenvalue weighted by Gasteiger charge is 2.62. The van der Waals surface area contributed by atoms with Gasteiger partial charge in [-0.2, -0.15) is 0 Å². The summed E-state index contributed by atoms with van der Waals surface area (Å²) in [6, 6.07) is 7.72. The minimum Gasteiger partial charge on any atom is -0.497 e. The molecule has 3 aliphatic rings. The molecule has 28 heavy (non-hydrogen) atoms. The predicted octanol–water partition coefficient (Wildman–Crippen LogP) is 1.27. The summed E-state index contributed by atoms with van der Waals surface area (Å²) in [6.07, 6.45) is 2.48. The van der Waals surface area contributed by atoms with Crippen molar-refractivity contribution < 1.29 is 14.6 Å². The molecule has 0 radical (unpaired) electrons. The lowest BCUT2D eigenvalue weighted by Crippen LogP contribution is -2.73. The summed E-state index contributed by atoms with van der Waals surface area (Å²) in [7, 11) is 1.65. The number of piperidine rings is 1. The maximum atomic E-state index is 12.4. The number of hydrogen-bond donors (Lipinski definition) is 3. The third-order valence-corrected chi connectivity index (χ3v) is 7.14. The number of pyridine rings is 1. The highest BCUT2D eigenvalue weighted by Crippen LogP contribution is 2.55. The smallest absolute Gasteiger partial charge is 0.259 e. The van der Waals surface area contributed by atoms with Gasteiger partial charge in [0.25, 0.3) is 5.56 Å². The lowest BCUT2D eigenvalue weighted by atomic mass is 9.50. The summed E-state index contributed by atoms with van der Waals surface area (Å²) in [4.78, 5) is 27.2. The summed E-state index contributed by atoms with van der Waals surface area (Å²) in [5, 5.41) is 15.6. The minimum atomic E-state index is -0.982. The van der Waals surface area contributed by atoms with Crippen LogP contribution in [0.5, 0.6) is 5.75 Å². The number of carbonyl (C=O) groups is 1. The largest absolute Gasteiger partial charge is 0.497 e. The first-order valence-corrected chi connectivity index (χ1v) is 9.77. The lowest BCUT2D eigenvalue weighted by Gasteiger charge is -2.61. The van der Waals surface area contributed by atoms with Crippen molar-refractivity contribution in [1.29, 1.82) is 0 Å². The molecular weight excluding hydrogens is 356 g/mol. The second-order valence-corrected chi connectivity index (χ2v) is 8.42. The molecule has 0 spiro atoms. The predicted molar refractivity (Wildman–Crippen MR) is 104 cm³/mol. The van der Waals surface area contributed by atoms with E-state index < -0.39 is 11.0 Å². The number of aromatic nitrogens is 1. The Kier molecular flexibility index (Phi) is 3.64. The Morgan fingerprint density at radius 1 is 1.25 bits per heavy atom. The maximum Gasteiger partial charge on any atom is 0.259 e. The van der Waals surface area contributed by atoms with Crippen LogP contribution in [-0.4, -0.2) is 41.2 Å². The summed E-state index contributed by atoms with van der Waals surface area (Å²) >= 11 is 0. The monoisotopic (exact) mass is 380 g/mol. The summed E-state index contributed by atoms with van der Waals surface area (Å²) in [5.41, 5.74) is 2.37. The van der Waals surface area contributed by atoms with Crippen LogP contribution in [0, 0.1) is 0 Å². The first-order valence-electron chi connectivity index (χ1n) is 9.77. The molecule has 6 nitrogen and oxygen atoms in total. The Morgan fingerprint density at radius 2 is 2.07 bits per heavy atom. The molecule has 1 aliphatic heterocycles. The SMILES string of the molecule is COc1ccc2c(c1)[C@]13CCN[C@H](C2)[C@]1(O)Cc1cc(C(C)=O)c(=O)[nH]c1C3. The zero-order chi connectivity index (χ0) is 19.7. The molecule has 0 unspecified atom stereocenters. The molecule has 1 saturated heterocycles. The van der Waals surface area contributed by atoms with Crippen LogP contribution >= 0.6 is 0 Å². The van der Waals surface area contributed by atoms with Crippen LogP contribution in [0.25, 0.3) is 0 Å².